The summed E-state index contributed by atoms with van der Waals surface area (Å²) in [6.07, 6.45) is 6.99. The lowest BCUT2D eigenvalue weighted by atomic mass is 9.92. The number of nitrogens with one attached hydrogen (secondary N) is 1. The van der Waals surface area contributed by atoms with E-state index >= 15 is 0 Å². The lowest BCUT2D eigenvalue weighted by molar-refractivity contribution is -0.137. The second kappa shape index (κ2) is 22.4. The van der Waals surface area contributed by atoms with Crippen LogP contribution < -0.4 is 11.1 Å². The number of aldehydes is 1. The number of aliphatic carboxylic acids is 1. The van der Waals surface area contributed by atoms with Crippen molar-refractivity contribution in [1.82, 2.24) is 15.2 Å². The number of nitrogens with two attached hydrogens (primary N) is 1. The van der Waals surface area contributed by atoms with E-state index in [4.69, 9.17) is 5.11 Å². The van der Waals surface area contributed by atoms with E-state index in [0.29, 0.717) is 19.4 Å². The number of hydrogen-bond acceptors (Lipinski definition) is 8. The van der Waals surface area contributed by atoms with Crippen molar-refractivity contribution in [2.24, 2.45) is 11.1 Å². The third-order valence-corrected chi connectivity index (χ3v) is 7.37. The summed E-state index contributed by atoms with van der Waals surface area (Å²) in [5, 5.41) is 20.2. The van der Waals surface area contributed by atoms with Crippen LogP contribution in [0.4, 0.5) is 0 Å². The molecule has 2 amide bonds. The number of likely N-dealkylation sites (tertiary alicyclic amines) is 1. The highest BCUT2D eigenvalue weighted by atomic mass is 32.1. The number of carbonyl (C=O) groups is 4. The molecule has 3 rings (SSSR count). The average Bonchev–Trinajstić information content (AvgIpc) is 3.60. The number of carbonyl (C=O) groups excluding carboxylic acids is 3. The summed E-state index contributed by atoms with van der Waals surface area (Å²) in [4.78, 5) is 49.1. The van der Waals surface area contributed by atoms with Gasteiger partial charge in [0.05, 0.1) is 28.2 Å². The van der Waals surface area contributed by atoms with Crippen molar-refractivity contribution in [3.05, 3.63) is 41.0 Å². The number of amides is 2. The van der Waals surface area contributed by atoms with Gasteiger partial charge in [0.15, 0.2) is 0 Å². The van der Waals surface area contributed by atoms with Crippen molar-refractivity contribution in [3.63, 3.8) is 0 Å². The number of nitrogens with zero attached hydrogens (tertiary/aromatic N) is 2. The second-order valence-electron chi connectivity index (χ2n) is 11.4. The number of aromatic nitrogens is 1. The van der Waals surface area contributed by atoms with Crippen molar-refractivity contribution < 1.29 is 29.4 Å². The molecule has 43 heavy (non-hydrogen) atoms. The first kappa shape index (κ1) is 39.8. The molecular formula is C32H52N4O6S. The predicted octanol–water partition coefficient (Wildman–Crippen LogP) is 5.13. The number of thiazole rings is 1. The minimum absolute atomic E-state index is 0.0455. The highest BCUT2D eigenvalue weighted by molar-refractivity contribution is 7.13. The Bertz CT molecular complexity index is 1070. The van der Waals surface area contributed by atoms with Gasteiger partial charge < -0.3 is 31.0 Å². The third kappa shape index (κ3) is 18.2. The van der Waals surface area contributed by atoms with Crippen LogP contribution in [-0.2, 0) is 19.2 Å². The molecule has 1 aliphatic heterocycles. The number of carboxylic acids is 1. The van der Waals surface area contributed by atoms with Gasteiger partial charge in [-0.05, 0) is 56.7 Å². The van der Waals surface area contributed by atoms with E-state index in [0.717, 1.165) is 62.6 Å². The molecule has 2 heterocycles. The smallest absolute Gasteiger partial charge is 0.303 e. The van der Waals surface area contributed by atoms with Gasteiger partial charge in [0.2, 0.25) is 12.3 Å². The zero-order valence-electron chi connectivity index (χ0n) is 26.7. The van der Waals surface area contributed by atoms with Crippen LogP contribution in [0, 0.1) is 12.3 Å². The zero-order valence-corrected chi connectivity index (χ0v) is 27.5. The Morgan fingerprint density at radius 1 is 1.14 bits per heavy atom. The van der Waals surface area contributed by atoms with Crippen LogP contribution in [0.3, 0.4) is 0 Å². The van der Waals surface area contributed by atoms with Crippen molar-refractivity contribution in [3.8, 4) is 10.4 Å². The highest BCUT2D eigenvalue weighted by Crippen LogP contribution is 2.28. The monoisotopic (exact) mass is 620 g/mol. The van der Waals surface area contributed by atoms with Gasteiger partial charge in [-0.3, -0.25) is 14.4 Å². The van der Waals surface area contributed by atoms with Crippen molar-refractivity contribution in [1.29, 1.82) is 0 Å². The maximum atomic E-state index is 11.6. The SMILES string of the molecule is CC(C)(C)CC(=O)N1CCC(O)C1.CN.Cc1ncsc1-c1ccc(C(C)NC=O)cc1.O=CCCCCCCC(=O)O. The normalized spacial score (nSPS) is 14.5. The lowest BCUT2D eigenvalue weighted by Gasteiger charge is -2.22. The van der Waals surface area contributed by atoms with Crippen molar-refractivity contribution >= 4 is 35.9 Å². The number of aryl methyl sites for hydroxylation is 1. The maximum Gasteiger partial charge on any atom is 0.303 e. The van der Waals surface area contributed by atoms with E-state index in [-0.39, 0.29) is 29.9 Å². The number of unbranched alkanes of at least 4 members (excludes halogenated alkanes) is 4. The molecule has 11 heteroatoms. The number of hydrogen-bond donors (Lipinski definition) is 4. The van der Waals surface area contributed by atoms with Crippen LogP contribution in [-0.4, -0.2) is 70.9 Å². The number of aliphatic hydroxyl groups excluding tert-OH is 1. The first-order valence-corrected chi connectivity index (χ1v) is 15.6. The molecule has 1 aliphatic rings. The fourth-order valence-electron chi connectivity index (χ4n) is 4.09. The Morgan fingerprint density at radius 3 is 2.23 bits per heavy atom. The Balaban J connectivity index is 0.000000614. The summed E-state index contributed by atoms with van der Waals surface area (Å²) < 4.78 is 0. The molecule has 0 spiro atoms. The number of aliphatic hydroxyl groups is 1. The molecule has 0 aliphatic carbocycles. The standard InChI is InChI=1S/C13H14N2OS.C10H19NO2.C8H14O3.CH5N/c1-9(14-7-16)11-3-5-12(6-4-11)13-10(2)15-8-17-13;1-10(2,3)6-9(13)11-5-4-8(12)7-11;9-7-5-3-1-2-4-6-8(10)11;1-2/h3-9H,1-2H3,(H,14,16);8,12H,4-7H2,1-3H3;7H,1-6H2,(H,10,11);2H2,1H3. The quantitative estimate of drug-likeness (QED) is 0.188. The fraction of sp³-hybridized carbons (Fsp3) is 0.594. The molecule has 1 fully saturated rings. The van der Waals surface area contributed by atoms with Crippen LogP contribution in [0.25, 0.3) is 10.4 Å². The largest absolute Gasteiger partial charge is 0.481 e. The van der Waals surface area contributed by atoms with Gasteiger partial charge in [-0.15, -0.1) is 11.3 Å². The van der Waals surface area contributed by atoms with Gasteiger partial charge in [-0.1, -0.05) is 57.9 Å². The molecule has 242 valence electrons. The van der Waals surface area contributed by atoms with Crippen molar-refractivity contribution in [2.45, 2.75) is 98.1 Å². The van der Waals surface area contributed by atoms with E-state index in [1.807, 2.05) is 31.5 Å². The fourth-order valence-corrected chi connectivity index (χ4v) is 4.90. The summed E-state index contributed by atoms with van der Waals surface area (Å²) in [6.45, 7) is 11.4. The van der Waals surface area contributed by atoms with Crippen LogP contribution in [0.1, 0.15) is 96.4 Å². The van der Waals surface area contributed by atoms with E-state index in [1.165, 1.54) is 17.5 Å². The van der Waals surface area contributed by atoms with E-state index in [9.17, 15) is 24.3 Å². The number of benzene rings is 1. The zero-order chi connectivity index (χ0) is 32.8. The molecule has 1 aromatic carbocycles. The van der Waals surface area contributed by atoms with Gasteiger partial charge in [0.25, 0.3) is 0 Å². The highest BCUT2D eigenvalue weighted by Gasteiger charge is 2.27. The van der Waals surface area contributed by atoms with Crippen molar-refractivity contribution in [2.75, 3.05) is 20.1 Å². The Kier molecular flexibility index (Phi) is 20.8. The molecule has 2 atom stereocenters. The molecule has 0 saturated carbocycles. The van der Waals surface area contributed by atoms with Gasteiger partial charge >= 0.3 is 5.97 Å². The third-order valence-electron chi connectivity index (χ3n) is 6.40. The van der Waals surface area contributed by atoms with Crippen LogP contribution in [0.2, 0.25) is 0 Å². The molecule has 2 aromatic rings. The van der Waals surface area contributed by atoms with Gasteiger partial charge in [0, 0.05) is 32.4 Å². The maximum absolute atomic E-state index is 11.6. The number of rotatable bonds is 12. The van der Waals surface area contributed by atoms with Gasteiger partial charge in [-0.25, -0.2) is 4.98 Å². The molecule has 2 unspecified atom stereocenters. The number of carboxylic acid groups (broad SMARTS) is 1. The summed E-state index contributed by atoms with van der Waals surface area (Å²) in [5.74, 6) is -0.565. The molecule has 5 N–H and O–H groups in total. The molecule has 1 saturated heterocycles. The van der Waals surface area contributed by atoms with Crippen LogP contribution >= 0.6 is 11.3 Å². The first-order chi connectivity index (χ1) is 20.4. The summed E-state index contributed by atoms with van der Waals surface area (Å²) >= 11 is 1.64. The number of β-amino-alcohol motifs (C(OH)–C–C–N with tert-alkyl or cyclic N) is 1. The Hall–Kier alpha value is -3.15. The van der Waals surface area contributed by atoms with Crippen LogP contribution in [0.5, 0.6) is 0 Å². The van der Waals surface area contributed by atoms with Crippen LogP contribution in [0.15, 0.2) is 29.8 Å². The van der Waals surface area contributed by atoms with E-state index < -0.39 is 5.97 Å². The second-order valence-corrected chi connectivity index (χ2v) is 12.3. The summed E-state index contributed by atoms with van der Waals surface area (Å²) in [6, 6.07) is 8.26. The van der Waals surface area contributed by atoms with E-state index in [1.54, 1.807) is 16.2 Å². The summed E-state index contributed by atoms with van der Waals surface area (Å²) in [5.41, 5.74) is 9.73. The molecule has 0 bridgehead atoms. The first-order valence-electron chi connectivity index (χ1n) is 14.8. The average molecular weight is 621 g/mol. The molecule has 0 radical (unpaired) electrons. The predicted molar refractivity (Wildman–Crippen MR) is 173 cm³/mol. The summed E-state index contributed by atoms with van der Waals surface area (Å²) in [7, 11) is 1.50. The Morgan fingerprint density at radius 2 is 1.77 bits per heavy atom. The topological polar surface area (TPSA) is 163 Å². The minimum Gasteiger partial charge on any atom is -0.481 e. The molecule has 10 nitrogen and oxygen atoms in total. The molecular weight excluding hydrogens is 568 g/mol. The lowest BCUT2D eigenvalue weighted by Crippen LogP contribution is -2.32. The molecule has 1 aromatic heterocycles. The van der Waals surface area contributed by atoms with E-state index in [2.05, 4.69) is 48.9 Å². The minimum atomic E-state index is -0.736. The van der Waals surface area contributed by atoms with Gasteiger partial charge in [-0.2, -0.15) is 0 Å². The van der Waals surface area contributed by atoms with Gasteiger partial charge in [0.1, 0.15) is 6.29 Å². The Labute approximate surface area is 261 Å².